The summed E-state index contributed by atoms with van der Waals surface area (Å²) in [6, 6.07) is 4.65. The number of benzene rings is 1. The summed E-state index contributed by atoms with van der Waals surface area (Å²) in [7, 11) is 0. The van der Waals surface area contributed by atoms with Gasteiger partial charge in [0.1, 0.15) is 34.3 Å². The van der Waals surface area contributed by atoms with Crippen LogP contribution < -0.4 is 15.8 Å². The van der Waals surface area contributed by atoms with Gasteiger partial charge in [-0.25, -0.2) is 9.78 Å². The molecule has 3 aromatic rings. The Hall–Kier alpha value is -4.46. The van der Waals surface area contributed by atoms with Crippen molar-refractivity contribution in [2.45, 2.75) is 148 Å². The predicted octanol–water partition coefficient (Wildman–Crippen LogP) is 7.83. The number of unbranched alkanes of at least 4 members (excludes halogenated alkanes) is 3. The molecule has 3 amide bonds. The number of ether oxygens (including phenoxy) is 3. The minimum absolute atomic E-state index is 0.00443. The van der Waals surface area contributed by atoms with E-state index in [1.165, 1.54) is 30.6 Å². The number of allylic oxidation sites excluding steroid dienone is 2. The molecular weight excluding hydrogens is 745 g/mol. The first-order valence-corrected chi connectivity index (χ1v) is 21.7. The number of carbonyl (C=O) groups is 4. The standard InChI is InChI=1S/C43H60N6O7S/c1-7-54-40(52)31-22-28(31)18-11-9-8-10-12-20-32(46-42(53)56-43(4,5)6)39(51)48-24-29(23-35(48)37(44)50)55-41-47-36-30(19-15-21-34(36)49(41)26(2)3)38-45-33(25-57-38)27-16-13-14-17-27/h11,15,18-19,21,25-29,31-32,35H,7-10,12-14,16-17,20,22-24H2,1-6H3,(H2,44,50)(H,46,53)/b18-11-/t28?,29-,31+,32+,35+/m1/s1. The number of fused-ring (bicyclic) bond motifs is 1. The van der Waals surface area contributed by atoms with Crippen molar-refractivity contribution >= 4 is 46.2 Å². The maximum Gasteiger partial charge on any atom is 0.408 e. The summed E-state index contributed by atoms with van der Waals surface area (Å²) < 4.78 is 19.3. The van der Waals surface area contributed by atoms with E-state index in [9.17, 15) is 19.2 Å². The summed E-state index contributed by atoms with van der Waals surface area (Å²) >= 11 is 1.64. The number of nitrogens with one attached hydrogen (secondary N) is 1. The monoisotopic (exact) mass is 804 g/mol. The second-order valence-corrected chi connectivity index (χ2v) is 17.9. The highest BCUT2D eigenvalue weighted by Gasteiger charge is 2.44. The number of rotatable bonds is 17. The van der Waals surface area contributed by atoms with Gasteiger partial charge in [-0.2, -0.15) is 4.98 Å². The van der Waals surface area contributed by atoms with Gasteiger partial charge in [0.15, 0.2) is 0 Å². The van der Waals surface area contributed by atoms with E-state index in [-0.39, 0.29) is 36.8 Å². The van der Waals surface area contributed by atoms with Crippen LogP contribution in [0.15, 0.2) is 35.7 Å². The third-order valence-corrected chi connectivity index (χ3v) is 11.9. The second-order valence-electron chi connectivity index (χ2n) is 17.0. The molecule has 2 saturated carbocycles. The summed E-state index contributed by atoms with van der Waals surface area (Å²) in [5, 5.41) is 5.89. The first kappa shape index (κ1) is 42.2. The van der Waals surface area contributed by atoms with Gasteiger partial charge < -0.3 is 30.2 Å². The van der Waals surface area contributed by atoms with Crippen LogP contribution in [0.5, 0.6) is 6.01 Å². The smallest absolute Gasteiger partial charge is 0.408 e. The third kappa shape index (κ3) is 10.5. The Kier molecular flexibility index (Phi) is 13.6. The minimum Gasteiger partial charge on any atom is -0.466 e. The molecule has 0 radical (unpaired) electrons. The zero-order valence-electron chi connectivity index (χ0n) is 34.3. The highest BCUT2D eigenvalue weighted by molar-refractivity contribution is 7.13. The van der Waals surface area contributed by atoms with Crippen LogP contribution >= 0.6 is 11.3 Å². The number of primary amides is 1. The number of alkyl carbamates (subject to hydrolysis) is 1. The minimum atomic E-state index is -0.928. The van der Waals surface area contributed by atoms with E-state index in [2.05, 4.69) is 36.7 Å². The van der Waals surface area contributed by atoms with Gasteiger partial charge in [0.2, 0.25) is 11.8 Å². The average Bonchev–Trinajstić information content (AvgIpc) is 3.65. The number of carbonyl (C=O) groups excluding carboxylic acids is 4. The fraction of sp³-hybridized carbons (Fsp3) is 0.628. The molecule has 3 N–H and O–H groups in total. The van der Waals surface area contributed by atoms with Gasteiger partial charge in [-0.1, -0.05) is 43.9 Å². The van der Waals surface area contributed by atoms with Gasteiger partial charge in [0.05, 0.1) is 30.3 Å². The lowest BCUT2D eigenvalue weighted by Crippen LogP contribution is -2.53. The number of hydrogen-bond acceptors (Lipinski definition) is 10. The highest BCUT2D eigenvalue weighted by atomic mass is 32.1. The Morgan fingerprint density at radius 2 is 1.84 bits per heavy atom. The lowest BCUT2D eigenvalue weighted by atomic mass is 10.0. The van der Waals surface area contributed by atoms with Gasteiger partial charge in [-0.3, -0.25) is 19.0 Å². The Balaban J connectivity index is 1.13. The van der Waals surface area contributed by atoms with E-state index in [1.807, 2.05) is 29.7 Å². The molecule has 13 nitrogen and oxygen atoms in total. The van der Waals surface area contributed by atoms with Crippen molar-refractivity contribution in [3.63, 3.8) is 0 Å². The molecule has 1 unspecified atom stereocenters. The maximum atomic E-state index is 14.3. The number of amides is 3. The van der Waals surface area contributed by atoms with Crippen LogP contribution in [0.2, 0.25) is 0 Å². The molecule has 0 spiro atoms. The van der Waals surface area contributed by atoms with Gasteiger partial charge in [0.25, 0.3) is 6.01 Å². The van der Waals surface area contributed by atoms with Crippen molar-refractivity contribution in [3.8, 4) is 16.6 Å². The van der Waals surface area contributed by atoms with Gasteiger partial charge >= 0.3 is 12.1 Å². The second kappa shape index (κ2) is 18.4. The Morgan fingerprint density at radius 3 is 2.54 bits per heavy atom. The van der Waals surface area contributed by atoms with Crippen LogP contribution in [-0.2, 0) is 23.9 Å². The summed E-state index contributed by atoms with van der Waals surface area (Å²) in [6.07, 6.45) is 12.3. The molecule has 2 aromatic heterocycles. The number of nitrogens with two attached hydrogens (primary N) is 1. The predicted molar refractivity (Wildman–Crippen MR) is 220 cm³/mol. The number of aromatic nitrogens is 3. The quantitative estimate of drug-likeness (QED) is 0.0785. The molecule has 6 rings (SSSR count). The van der Waals surface area contributed by atoms with E-state index in [0.717, 1.165) is 53.0 Å². The molecule has 1 saturated heterocycles. The van der Waals surface area contributed by atoms with E-state index >= 15 is 0 Å². The van der Waals surface area contributed by atoms with Crippen LogP contribution in [0.3, 0.4) is 0 Å². The lowest BCUT2D eigenvalue weighted by molar-refractivity contribution is -0.144. The van der Waals surface area contributed by atoms with E-state index in [4.69, 9.17) is 29.9 Å². The molecule has 3 heterocycles. The van der Waals surface area contributed by atoms with Crippen LogP contribution in [0, 0.1) is 11.8 Å². The number of nitrogens with zero attached hydrogens (tertiary/aromatic N) is 4. The molecule has 2 aliphatic carbocycles. The molecule has 57 heavy (non-hydrogen) atoms. The summed E-state index contributed by atoms with van der Waals surface area (Å²) in [4.78, 5) is 63.5. The average molecular weight is 805 g/mol. The molecule has 0 bridgehead atoms. The number of para-hydroxylation sites is 1. The van der Waals surface area contributed by atoms with Gasteiger partial charge in [-0.05, 0) is 98.1 Å². The number of hydrogen-bond donors (Lipinski definition) is 2. The third-order valence-electron chi connectivity index (χ3n) is 11.0. The van der Waals surface area contributed by atoms with Crippen molar-refractivity contribution in [2.75, 3.05) is 13.2 Å². The number of likely N-dealkylation sites (tertiary alicyclic amines) is 1. The molecule has 1 aromatic carbocycles. The Morgan fingerprint density at radius 1 is 1.07 bits per heavy atom. The summed E-state index contributed by atoms with van der Waals surface area (Å²) in [5.41, 5.74) is 8.95. The van der Waals surface area contributed by atoms with Crippen molar-refractivity contribution < 1.29 is 33.4 Å². The molecule has 3 aliphatic rings. The summed E-state index contributed by atoms with van der Waals surface area (Å²) in [6.45, 7) is 11.7. The first-order chi connectivity index (χ1) is 27.2. The zero-order valence-corrected chi connectivity index (χ0v) is 35.1. The molecular formula is C43H60N6O7S. The van der Waals surface area contributed by atoms with Crippen molar-refractivity contribution in [3.05, 3.63) is 41.4 Å². The van der Waals surface area contributed by atoms with E-state index in [0.29, 0.717) is 31.4 Å². The zero-order chi connectivity index (χ0) is 40.9. The number of esters is 1. The SMILES string of the molecule is CCOC(=O)[C@H]1CC1/C=C\CCCCC[C@H](NC(=O)OC(C)(C)C)C(=O)N1C[C@H](Oc2nc3c(-c4nc(C5CCCC5)cs4)cccc3n2C(C)C)C[C@H]1C(N)=O. The van der Waals surface area contributed by atoms with Crippen molar-refractivity contribution in [1.82, 2.24) is 24.8 Å². The topological polar surface area (TPSA) is 168 Å². The molecule has 3 fully saturated rings. The largest absolute Gasteiger partial charge is 0.466 e. The van der Waals surface area contributed by atoms with Crippen molar-refractivity contribution in [1.29, 1.82) is 0 Å². The lowest BCUT2D eigenvalue weighted by Gasteiger charge is -2.28. The fourth-order valence-corrected chi connectivity index (χ4v) is 9.06. The molecule has 14 heteroatoms. The number of imidazole rings is 1. The van der Waals surface area contributed by atoms with E-state index < -0.39 is 41.7 Å². The normalized spacial score (nSPS) is 21.7. The number of thiazole rings is 1. The Bertz CT molecular complexity index is 1930. The molecule has 5 atom stereocenters. The first-order valence-electron chi connectivity index (χ1n) is 20.8. The summed E-state index contributed by atoms with van der Waals surface area (Å²) in [5.74, 6) is -0.440. The molecule has 1 aliphatic heterocycles. The van der Waals surface area contributed by atoms with Crippen LogP contribution in [0.4, 0.5) is 4.79 Å². The Labute approximate surface area is 340 Å². The van der Waals surface area contributed by atoms with Crippen LogP contribution in [0.1, 0.15) is 130 Å². The maximum absolute atomic E-state index is 14.3. The molecule has 310 valence electrons. The van der Waals surface area contributed by atoms with E-state index in [1.54, 1.807) is 32.1 Å². The fourth-order valence-electron chi connectivity index (χ4n) is 8.13. The van der Waals surface area contributed by atoms with Gasteiger partial charge in [0, 0.05) is 29.3 Å². The van der Waals surface area contributed by atoms with Crippen LogP contribution in [0.25, 0.3) is 21.6 Å². The van der Waals surface area contributed by atoms with Crippen molar-refractivity contribution in [2.24, 2.45) is 17.6 Å². The highest BCUT2D eigenvalue weighted by Crippen LogP contribution is 2.41. The van der Waals surface area contributed by atoms with Crippen LogP contribution in [-0.4, -0.2) is 80.3 Å². The van der Waals surface area contributed by atoms with Gasteiger partial charge in [-0.15, -0.1) is 11.3 Å².